The monoisotopic (exact) mass is 958 g/mol. The molecule has 3 N–H and O–H groups in total. The first-order valence-electron chi connectivity index (χ1n) is 25.0. The lowest BCUT2D eigenvalue weighted by atomic mass is 9.78. The number of amides is 1. The predicted molar refractivity (Wildman–Crippen MR) is 256 cm³/mol. The summed E-state index contributed by atoms with van der Waals surface area (Å²) in [5.41, 5.74) is 1.29. The van der Waals surface area contributed by atoms with Gasteiger partial charge in [0.2, 0.25) is 5.79 Å². The topological polar surface area (TPSA) is 205 Å². The van der Waals surface area contributed by atoms with Crippen LogP contribution in [0, 0.1) is 41.4 Å². The third kappa shape index (κ3) is 15.5. The van der Waals surface area contributed by atoms with Gasteiger partial charge in [0.1, 0.15) is 24.1 Å². The molecule has 4 aliphatic rings. The van der Waals surface area contributed by atoms with Crippen molar-refractivity contribution in [1.82, 2.24) is 4.90 Å². The largest absolute Gasteiger partial charge is 0.461 e. The number of aliphatic hydroxyl groups excluding tert-OH is 2. The molecule has 4 rings (SSSR count). The van der Waals surface area contributed by atoms with Gasteiger partial charge in [0, 0.05) is 65.0 Å². The Balaban J connectivity index is 1.65. The summed E-state index contributed by atoms with van der Waals surface area (Å²) < 4.78 is 35.5. The molecule has 0 aromatic rings. The first-order valence-corrected chi connectivity index (χ1v) is 25.0. The fraction of sp³-hybridized carbons (Fsp3) is 0.755. The van der Waals surface area contributed by atoms with Crippen LogP contribution in [0.4, 0.5) is 0 Å². The zero-order chi connectivity index (χ0) is 50.3. The second-order valence-electron chi connectivity index (χ2n) is 20.2. The zero-order valence-electron chi connectivity index (χ0n) is 42.4. The van der Waals surface area contributed by atoms with E-state index < -0.39 is 77.6 Å². The van der Waals surface area contributed by atoms with E-state index in [1.807, 2.05) is 58.1 Å². The van der Waals surface area contributed by atoms with Crippen molar-refractivity contribution in [2.45, 2.75) is 168 Å². The van der Waals surface area contributed by atoms with E-state index in [0.717, 1.165) is 18.4 Å². The molecule has 0 radical (unpaired) electrons. The molecule has 3 fully saturated rings. The second kappa shape index (κ2) is 27.3. The van der Waals surface area contributed by atoms with Gasteiger partial charge < -0.3 is 48.6 Å². The quantitative estimate of drug-likeness (QED) is 0.137. The Labute approximate surface area is 405 Å². The maximum Gasteiger partial charge on any atom is 0.311 e. The highest BCUT2D eigenvalue weighted by atomic mass is 16.6. The number of carbonyl (C=O) groups excluding carboxylic acids is 5. The molecule has 0 aromatic heterocycles. The van der Waals surface area contributed by atoms with Crippen molar-refractivity contribution in [3.8, 4) is 0 Å². The van der Waals surface area contributed by atoms with E-state index in [1.54, 1.807) is 41.1 Å². The fourth-order valence-electron chi connectivity index (χ4n) is 10.5. The molecule has 15 atom stereocenters. The van der Waals surface area contributed by atoms with Gasteiger partial charge in [0.25, 0.3) is 11.7 Å². The SMILES string of the molecule is CO[C@H]1C[C@@H]2CC[C@@H](C)[C@@](O)(O2)C(=O)C(=O)N2CCCC(C2)C(=O)O[C@H]([C@H](C)CC2CC[C@@H](OCCO)[C@H](OC)C2)CC(=O)[C@H](C)/C=C(\C)[C@@H](O)[C@@H](OC)C(=O)[C@H](C)C[C@H](C)/C=C/C=C/C=C1C. The summed E-state index contributed by atoms with van der Waals surface area (Å²) in [6.45, 7) is 13.0. The molecule has 3 aliphatic heterocycles. The van der Waals surface area contributed by atoms with Crippen LogP contribution in [0.1, 0.15) is 119 Å². The van der Waals surface area contributed by atoms with Crippen LogP contribution in [0.15, 0.2) is 47.6 Å². The van der Waals surface area contributed by atoms with Crippen LogP contribution in [-0.4, -0.2) is 146 Å². The average Bonchev–Trinajstić information content (AvgIpc) is 3.32. The summed E-state index contributed by atoms with van der Waals surface area (Å²) in [5, 5.41) is 32.6. The Morgan fingerprint density at radius 1 is 0.868 bits per heavy atom. The summed E-state index contributed by atoms with van der Waals surface area (Å²) in [6, 6.07) is 0. The number of allylic oxidation sites excluding steroid dienone is 6. The molecule has 1 aliphatic carbocycles. The number of nitrogens with zero attached hydrogens (tertiary/aromatic N) is 1. The van der Waals surface area contributed by atoms with E-state index in [9.17, 15) is 39.3 Å². The van der Waals surface area contributed by atoms with E-state index in [1.165, 1.54) is 12.0 Å². The molecule has 1 amide bonds. The molecule has 2 saturated heterocycles. The van der Waals surface area contributed by atoms with Crippen molar-refractivity contribution in [1.29, 1.82) is 0 Å². The van der Waals surface area contributed by atoms with Crippen molar-refractivity contribution in [3.05, 3.63) is 47.6 Å². The molecule has 15 heteroatoms. The average molecular weight is 958 g/mol. The Kier molecular flexibility index (Phi) is 22.9. The Morgan fingerprint density at radius 3 is 2.28 bits per heavy atom. The molecule has 68 heavy (non-hydrogen) atoms. The van der Waals surface area contributed by atoms with Gasteiger partial charge >= 0.3 is 5.97 Å². The Morgan fingerprint density at radius 2 is 1.60 bits per heavy atom. The number of carbonyl (C=O) groups is 5. The number of piperidine rings is 1. The smallest absolute Gasteiger partial charge is 0.311 e. The van der Waals surface area contributed by atoms with Gasteiger partial charge in [0.15, 0.2) is 5.78 Å². The highest BCUT2D eigenvalue weighted by molar-refractivity contribution is 6.38. The van der Waals surface area contributed by atoms with Crippen molar-refractivity contribution < 1.29 is 67.7 Å². The highest BCUT2D eigenvalue weighted by Gasteiger charge is 2.52. The molecular weight excluding hydrogens is 875 g/mol. The van der Waals surface area contributed by atoms with Gasteiger partial charge in [-0.15, -0.1) is 0 Å². The first kappa shape index (κ1) is 57.2. The van der Waals surface area contributed by atoms with Crippen LogP contribution in [0.5, 0.6) is 0 Å². The maximum absolute atomic E-state index is 14.2. The maximum atomic E-state index is 14.2. The van der Waals surface area contributed by atoms with Crippen molar-refractivity contribution in [2.75, 3.05) is 47.6 Å². The third-order valence-electron chi connectivity index (χ3n) is 14.9. The molecule has 384 valence electrons. The Bertz CT molecular complexity index is 1810. The number of Topliss-reactive ketones (excluding diaryl/α,β-unsaturated/α-hetero) is 3. The minimum absolute atomic E-state index is 0.0157. The molecule has 3 heterocycles. The lowest BCUT2D eigenvalue weighted by Crippen LogP contribution is -2.59. The normalized spacial score (nSPS) is 38.4. The number of hydrogen-bond donors (Lipinski definition) is 3. The van der Waals surface area contributed by atoms with E-state index in [4.69, 9.17) is 28.4 Å². The third-order valence-corrected chi connectivity index (χ3v) is 14.9. The van der Waals surface area contributed by atoms with Gasteiger partial charge in [-0.2, -0.15) is 0 Å². The number of methoxy groups -OCH3 is 3. The Hall–Kier alpha value is -3.41. The number of ketones is 3. The van der Waals surface area contributed by atoms with Crippen LogP contribution >= 0.6 is 0 Å². The van der Waals surface area contributed by atoms with E-state index in [-0.39, 0.29) is 74.3 Å². The van der Waals surface area contributed by atoms with Gasteiger partial charge in [-0.3, -0.25) is 24.0 Å². The summed E-state index contributed by atoms with van der Waals surface area (Å²) in [5.74, 6) is -8.17. The summed E-state index contributed by atoms with van der Waals surface area (Å²) in [4.78, 5) is 71.4. The lowest BCUT2D eigenvalue weighted by molar-refractivity contribution is -0.265. The van der Waals surface area contributed by atoms with Crippen LogP contribution in [0.25, 0.3) is 0 Å². The second-order valence-corrected chi connectivity index (χ2v) is 20.2. The van der Waals surface area contributed by atoms with Crippen molar-refractivity contribution >= 4 is 29.2 Å². The zero-order valence-corrected chi connectivity index (χ0v) is 42.4. The predicted octanol–water partition coefficient (Wildman–Crippen LogP) is 6.05. The van der Waals surface area contributed by atoms with Crippen LogP contribution in [-0.2, 0) is 52.4 Å². The summed E-state index contributed by atoms with van der Waals surface area (Å²) in [6.07, 6.45) is 11.9. The molecular formula is C53H83NO14. The van der Waals surface area contributed by atoms with E-state index in [2.05, 4.69) is 0 Å². The van der Waals surface area contributed by atoms with E-state index >= 15 is 0 Å². The first-order chi connectivity index (χ1) is 32.3. The number of esters is 1. The van der Waals surface area contributed by atoms with Gasteiger partial charge in [-0.25, -0.2) is 0 Å². The number of fused-ring (bicyclic) bond motifs is 4. The summed E-state index contributed by atoms with van der Waals surface area (Å²) in [7, 11) is 4.60. The minimum atomic E-state index is -2.37. The number of ether oxygens (including phenoxy) is 6. The van der Waals surface area contributed by atoms with Gasteiger partial charge in [0.05, 0.1) is 43.5 Å². The van der Waals surface area contributed by atoms with Crippen LogP contribution < -0.4 is 0 Å². The number of cyclic esters (lactones) is 1. The number of rotatable bonds is 9. The highest BCUT2D eigenvalue weighted by Crippen LogP contribution is 2.38. The van der Waals surface area contributed by atoms with Gasteiger partial charge in [-0.05, 0) is 101 Å². The van der Waals surface area contributed by atoms with Crippen molar-refractivity contribution in [3.63, 3.8) is 0 Å². The number of hydrogen-bond acceptors (Lipinski definition) is 14. The number of aliphatic hydroxyl groups is 3. The fourth-order valence-corrected chi connectivity index (χ4v) is 10.5. The van der Waals surface area contributed by atoms with Gasteiger partial charge in [-0.1, -0.05) is 71.1 Å². The van der Waals surface area contributed by atoms with E-state index in [0.29, 0.717) is 56.9 Å². The standard InChI is InChI=1S/C53H83NO14/c1-32-15-12-11-13-16-33(2)44(63-8)29-41-20-18-38(7)53(62,68-41)50(59)51(60)54-22-14-17-40(31-54)52(61)67-45(35(4)27-39-19-21-43(66-24-23-55)46(28-39)64-9)30-42(56)34(3)26-37(6)48(58)49(65-10)47(57)36(5)25-32/h11-13,15-16,26,32,34-36,38-41,43-46,48-49,55,58,62H,14,17-25,27-31H2,1-10H3/b13-11+,15-12+,33-16?,37-26+/t32-,34-,35-,36-,38-,39?,40?,41+,43-,44+,45+,46-,48-,49+,53-/m1/s1. The lowest BCUT2D eigenvalue weighted by Gasteiger charge is -2.42. The van der Waals surface area contributed by atoms with Crippen LogP contribution in [0.2, 0.25) is 0 Å². The minimum Gasteiger partial charge on any atom is -0.461 e. The molecule has 0 aromatic carbocycles. The molecule has 15 nitrogen and oxygen atoms in total. The molecule has 4 bridgehead atoms. The van der Waals surface area contributed by atoms with Crippen LogP contribution in [0.3, 0.4) is 0 Å². The summed E-state index contributed by atoms with van der Waals surface area (Å²) >= 11 is 0. The molecule has 2 unspecified atom stereocenters. The molecule has 1 saturated carbocycles. The van der Waals surface area contributed by atoms with Crippen molar-refractivity contribution in [2.24, 2.45) is 41.4 Å². The molecule has 0 spiro atoms.